The lowest BCUT2D eigenvalue weighted by Gasteiger charge is -2.39. The highest BCUT2D eigenvalue weighted by molar-refractivity contribution is 6.76. The molecule has 34 heavy (non-hydrogen) atoms. The van der Waals surface area contributed by atoms with Gasteiger partial charge in [0.1, 0.15) is 17.2 Å². The van der Waals surface area contributed by atoms with E-state index in [4.69, 9.17) is 14.2 Å². The van der Waals surface area contributed by atoms with Gasteiger partial charge < -0.3 is 24.4 Å². The van der Waals surface area contributed by atoms with Crippen LogP contribution in [0.5, 0.6) is 5.75 Å². The maximum atomic E-state index is 14.1. The average molecular weight is 495 g/mol. The summed E-state index contributed by atoms with van der Waals surface area (Å²) in [6.45, 7) is 13.4. The van der Waals surface area contributed by atoms with Gasteiger partial charge in [-0.15, -0.1) is 0 Å². The summed E-state index contributed by atoms with van der Waals surface area (Å²) in [5.74, 6) is 0.246. The second kappa shape index (κ2) is 11.3. The molecule has 3 rings (SSSR count). The van der Waals surface area contributed by atoms with Crippen LogP contribution in [-0.4, -0.2) is 51.3 Å². The zero-order chi connectivity index (χ0) is 24.9. The van der Waals surface area contributed by atoms with Gasteiger partial charge in [0.15, 0.2) is 6.79 Å². The van der Waals surface area contributed by atoms with Gasteiger partial charge in [-0.1, -0.05) is 19.6 Å². The summed E-state index contributed by atoms with van der Waals surface area (Å²) in [6, 6.07) is 6.82. The molecule has 1 amide bonds. The quantitative estimate of drug-likeness (QED) is 0.234. The molecular weight excluding hydrogens is 451 g/mol. The minimum absolute atomic E-state index is 0.121. The number of anilines is 1. The number of rotatable bonds is 10. The standard InChI is InChI=1S/C26H43FN2O4Si/c1-26(2,3)33-25(30)28-20-8-10-21(11-9-20)29(22-12-13-22)23-14-7-19(27)17-24(23)32-18-31-15-16-34(4,5)6/h7,14,17,20-22H,8-13,15-16,18H2,1-6H3,(H,28,30)/t20-,21-. The SMILES string of the molecule is CC(C)(C)OC(=O)N[C@H]1CC[C@H](N(c2ccc(F)cc2OCOCC[Si](C)(C)C)C2CC2)CC1. The van der Waals surface area contributed by atoms with Crippen molar-refractivity contribution < 1.29 is 23.4 Å². The predicted octanol–water partition coefficient (Wildman–Crippen LogP) is 6.32. The Morgan fingerprint density at radius 2 is 1.71 bits per heavy atom. The zero-order valence-corrected chi connectivity index (χ0v) is 22.8. The van der Waals surface area contributed by atoms with E-state index >= 15 is 0 Å². The fraction of sp³-hybridized carbons (Fsp3) is 0.731. The van der Waals surface area contributed by atoms with Crippen LogP contribution in [0.3, 0.4) is 0 Å². The van der Waals surface area contributed by atoms with Gasteiger partial charge in [0.05, 0.1) is 5.69 Å². The molecule has 1 N–H and O–H groups in total. The van der Waals surface area contributed by atoms with Gasteiger partial charge in [-0.3, -0.25) is 0 Å². The van der Waals surface area contributed by atoms with Gasteiger partial charge >= 0.3 is 6.09 Å². The van der Waals surface area contributed by atoms with Crippen molar-refractivity contribution in [3.8, 4) is 5.75 Å². The number of hydrogen-bond donors (Lipinski definition) is 1. The van der Waals surface area contributed by atoms with Gasteiger partial charge in [0, 0.05) is 38.9 Å². The molecule has 0 heterocycles. The third kappa shape index (κ3) is 8.76. The Labute approximate surface area is 205 Å². The summed E-state index contributed by atoms with van der Waals surface area (Å²) in [5.41, 5.74) is 0.447. The van der Waals surface area contributed by atoms with Crippen LogP contribution < -0.4 is 15.0 Å². The lowest BCUT2D eigenvalue weighted by Crippen LogP contribution is -2.46. The fourth-order valence-corrected chi connectivity index (χ4v) is 5.13. The lowest BCUT2D eigenvalue weighted by atomic mass is 9.89. The molecule has 1 aromatic carbocycles. The van der Waals surface area contributed by atoms with E-state index in [1.807, 2.05) is 26.8 Å². The average Bonchev–Trinajstić information content (AvgIpc) is 3.53. The second-order valence-corrected chi connectivity index (χ2v) is 17.5. The molecule has 1 aromatic rings. The fourth-order valence-electron chi connectivity index (χ4n) is 4.38. The van der Waals surface area contributed by atoms with Crippen LogP contribution in [0.2, 0.25) is 25.7 Å². The Bertz CT molecular complexity index is 812. The molecule has 2 fully saturated rings. The lowest BCUT2D eigenvalue weighted by molar-refractivity contribution is 0.0221. The highest BCUT2D eigenvalue weighted by Gasteiger charge is 2.38. The van der Waals surface area contributed by atoms with Crippen LogP contribution in [0, 0.1) is 5.82 Å². The van der Waals surface area contributed by atoms with Crippen LogP contribution in [0.4, 0.5) is 14.9 Å². The Hall–Kier alpha value is -1.80. The molecule has 0 unspecified atom stereocenters. The normalized spacial score (nSPS) is 21.1. The summed E-state index contributed by atoms with van der Waals surface area (Å²) in [4.78, 5) is 14.6. The number of alkyl carbamates (subject to hydrolysis) is 1. The van der Waals surface area contributed by atoms with Gasteiger partial charge in [0.2, 0.25) is 0 Å². The van der Waals surface area contributed by atoms with Crippen molar-refractivity contribution in [2.75, 3.05) is 18.3 Å². The van der Waals surface area contributed by atoms with E-state index in [0.717, 1.165) is 50.3 Å². The number of ether oxygens (including phenoxy) is 3. The van der Waals surface area contributed by atoms with Crippen LogP contribution in [0.25, 0.3) is 0 Å². The Morgan fingerprint density at radius 3 is 2.26 bits per heavy atom. The molecule has 2 aliphatic rings. The van der Waals surface area contributed by atoms with Gasteiger partial charge in [-0.05, 0) is 77.5 Å². The van der Waals surface area contributed by atoms with E-state index in [1.54, 1.807) is 0 Å². The molecule has 0 aromatic heterocycles. The minimum Gasteiger partial charge on any atom is -0.465 e. The second-order valence-electron chi connectivity index (χ2n) is 11.9. The van der Waals surface area contributed by atoms with Crippen LogP contribution in [-0.2, 0) is 9.47 Å². The molecule has 192 valence electrons. The summed E-state index contributed by atoms with van der Waals surface area (Å²) in [6.07, 6.45) is 5.63. The number of amides is 1. The van der Waals surface area contributed by atoms with E-state index in [1.165, 1.54) is 12.1 Å². The molecule has 0 aliphatic heterocycles. The maximum absolute atomic E-state index is 14.1. The molecule has 2 saturated carbocycles. The van der Waals surface area contributed by atoms with Crippen molar-refractivity contribution in [3.05, 3.63) is 24.0 Å². The van der Waals surface area contributed by atoms with E-state index in [0.29, 0.717) is 24.4 Å². The van der Waals surface area contributed by atoms with Crippen molar-refractivity contribution in [1.82, 2.24) is 5.32 Å². The van der Waals surface area contributed by atoms with Crippen LogP contribution in [0.15, 0.2) is 18.2 Å². The molecule has 0 saturated heterocycles. The van der Waals surface area contributed by atoms with Crippen molar-refractivity contribution in [2.24, 2.45) is 0 Å². The van der Waals surface area contributed by atoms with Crippen LogP contribution >= 0.6 is 0 Å². The molecule has 0 bridgehead atoms. The smallest absolute Gasteiger partial charge is 0.407 e. The molecule has 8 heteroatoms. The van der Waals surface area contributed by atoms with Crippen molar-refractivity contribution in [3.63, 3.8) is 0 Å². The van der Waals surface area contributed by atoms with Gasteiger partial charge in [-0.2, -0.15) is 0 Å². The number of benzene rings is 1. The largest absolute Gasteiger partial charge is 0.465 e. The number of hydrogen-bond acceptors (Lipinski definition) is 5. The molecule has 0 spiro atoms. The molecule has 6 nitrogen and oxygen atoms in total. The predicted molar refractivity (Wildman–Crippen MR) is 137 cm³/mol. The zero-order valence-electron chi connectivity index (χ0n) is 21.8. The van der Waals surface area contributed by atoms with E-state index in [-0.39, 0.29) is 24.7 Å². The third-order valence-corrected chi connectivity index (χ3v) is 7.95. The Morgan fingerprint density at radius 1 is 1.09 bits per heavy atom. The number of halogens is 1. The summed E-state index contributed by atoms with van der Waals surface area (Å²) in [7, 11) is -1.16. The highest BCUT2D eigenvalue weighted by Crippen LogP contribution is 2.42. The first-order valence-electron chi connectivity index (χ1n) is 12.7. The van der Waals surface area contributed by atoms with Crippen molar-refractivity contribution in [2.45, 2.75) is 109 Å². The Balaban J connectivity index is 1.60. The first kappa shape index (κ1) is 26.8. The molecule has 2 aliphatic carbocycles. The number of nitrogens with one attached hydrogen (secondary N) is 1. The van der Waals surface area contributed by atoms with Gasteiger partial charge in [-0.25, -0.2) is 9.18 Å². The summed E-state index contributed by atoms with van der Waals surface area (Å²) in [5, 5.41) is 3.02. The first-order chi connectivity index (χ1) is 15.9. The highest BCUT2D eigenvalue weighted by atomic mass is 28.3. The van der Waals surface area contributed by atoms with E-state index < -0.39 is 13.7 Å². The monoisotopic (exact) mass is 494 g/mol. The summed E-state index contributed by atoms with van der Waals surface area (Å²) < 4.78 is 31.2. The first-order valence-corrected chi connectivity index (χ1v) is 16.4. The Kier molecular flexibility index (Phi) is 8.90. The number of carbonyl (C=O) groups excluding carboxylic acids is 1. The van der Waals surface area contributed by atoms with E-state index in [9.17, 15) is 9.18 Å². The van der Waals surface area contributed by atoms with Crippen molar-refractivity contribution in [1.29, 1.82) is 0 Å². The molecule has 0 atom stereocenters. The minimum atomic E-state index is -1.16. The van der Waals surface area contributed by atoms with Crippen LogP contribution in [0.1, 0.15) is 59.3 Å². The molecular formula is C26H43FN2O4Si. The maximum Gasteiger partial charge on any atom is 0.407 e. The number of carbonyl (C=O) groups is 1. The van der Waals surface area contributed by atoms with Gasteiger partial charge in [0.25, 0.3) is 0 Å². The molecule has 0 radical (unpaired) electrons. The topological polar surface area (TPSA) is 60.0 Å². The van der Waals surface area contributed by atoms with Crippen molar-refractivity contribution >= 4 is 19.9 Å². The third-order valence-electron chi connectivity index (χ3n) is 6.25. The summed E-state index contributed by atoms with van der Waals surface area (Å²) >= 11 is 0. The van der Waals surface area contributed by atoms with E-state index in [2.05, 4.69) is 29.9 Å². The number of nitrogens with zero attached hydrogens (tertiary/aromatic N) is 1.